The van der Waals surface area contributed by atoms with Crippen LogP contribution in [0.25, 0.3) is 0 Å². The zero-order chi connectivity index (χ0) is 14.5. The van der Waals surface area contributed by atoms with Crippen LogP contribution < -0.4 is 10.1 Å². The number of aromatic nitrogens is 1. The Morgan fingerprint density at radius 2 is 2.40 bits per heavy atom. The maximum atomic E-state index is 12.0. The Balaban J connectivity index is 1.93. The van der Waals surface area contributed by atoms with E-state index in [0.29, 0.717) is 31.8 Å². The molecule has 2 amide bonds. The lowest BCUT2D eigenvalue weighted by atomic mass is 10.2. The zero-order valence-electron chi connectivity index (χ0n) is 11.2. The second-order valence-electron chi connectivity index (χ2n) is 4.55. The lowest BCUT2D eigenvalue weighted by Crippen LogP contribution is -2.45. The van der Waals surface area contributed by atoms with Crippen molar-refractivity contribution in [3.05, 3.63) is 23.9 Å². The number of amides is 2. The Hall–Kier alpha value is -2.31. The van der Waals surface area contributed by atoms with Gasteiger partial charge >= 0.3 is 12.0 Å². The molecule has 0 bridgehead atoms. The smallest absolute Gasteiger partial charge is 0.326 e. The largest absolute Gasteiger partial charge is 0.481 e. The second-order valence-corrected chi connectivity index (χ2v) is 4.55. The summed E-state index contributed by atoms with van der Waals surface area (Å²) in [7, 11) is 1.52. The number of methoxy groups -OCH3 is 1. The van der Waals surface area contributed by atoms with Crippen LogP contribution in [0.3, 0.4) is 0 Å². The number of carboxylic acids is 1. The third-order valence-corrected chi connectivity index (χ3v) is 3.25. The van der Waals surface area contributed by atoms with E-state index in [-0.39, 0.29) is 6.03 Å². The topological polar surface area (TPSA) is 91.8 Å². The summed E-state index contributed by atoms with van der Waals surface area (Å²) in [5, 5.41) is 11.8. The van der Waals surface area contributed by atoms with Gasteiger partial charge in [0.25, 0.3) is 0 Å². The Morgan fingerprint density at radius 3 is 3.10 bits per heavy atom. The first-order chi connectivity index (χ1) is 9.61. The van der Waals surface area contributed by atoms with E-state index < -0.39 is 12.0 Å². The van der Waals surface area contributed by atoms with Gasteiger partial charge in [0.05, 0.1) is 7.11 Å². The first-order valence-corrected chi connectivity index (χ1v) is 6.38. The van der Waals surface area contributed by atoms with Crippen molar-refractivity contribution in [3.8, 4) is 5.88 Å². The minimum Gasteiger partial charge on any atom is -0.481 e. The summed E-state index contributed by atoms with van der Waals surface area (Å²) >= 11 is 0. The van der Waals surface area contributed by atoms with Crippen molar-refractivity contribution in [3.63, 3.8) is 0 Å². The van der Waals surface area contributed by atoms with Crippen molar-refractivity contribution < 1.29 is 19.4 Å². The van der Waals surface area contributed by atoms with Crippen LogP contribution >= 0.6 is 0 Å². The van der Waals surface area contributed by atoms with Crippen LogP contribution in [0.2, 0.25) is 0 Å². The average molecular weight is 279 g/mol. The van der Waals surface area contributed by atoms with E-state index >= 15 is 0 Å². The summed E-state index contributed by atoms with van der Waals surface area (Å²) in [6, 6.07) is 2.41. The van der Waals surface area contributed by atoms with Gasteiger partial charge in [0, 0.05) is 25.4 Å². The second kappa shape index (κ2) is 6.23. The lowest BCUT2D eigenvalue weighted by molar-refractivity contribution is -0.141. The van der Waals surface area contributed by atoms with Gasteiger partial charge in [-0.1, -0.05) is 0 Å². The normalized spacial score (nSPS) is 17.9. The van der Waals surface area contributed by atoms with Crippen LogP contribution in [0.1, 0.15) is 18.4 Å². The average Bonchev–Trinajstić information content (AvgIpc) is 2.94. The van der Waals surface area contributed by atoms with E-state index in [9.17, 15) is 9.59 Å². The number of likely N-dealkylation sites (tertiary alicyclic amines) is 1. The number of hydrogen-bond donors (Lipinski definition) is 2. The number of carbonyl (C=O) groups is 2. The predicted molar refractivity (Wildman–Crippen MR) is 70.4 cm³/mol. The third-order valence-electron chi connectivity index (χ3n) is 3.25. The fourth-order valence-electron chi connectivity index (χ4n) is 2.22. The molecule has 1 atom stereocenters. The first kappa shape index (κ1) is 14.1. The van der Waals surface area contributed by atoms with E-state index in [0.717, 1.165) is 5.56 Å². The molecular formula is C13H17N3O4. The summed E-state index contributed by atoms with van der Waals surface area (Å²) in [6.07, 6.45) is 2.82. The van der Waals surface area contributed by atoms with Crippen LogP contribution in [-0.4, -0.2) is 46.7 Å². The molecule has 1 aliphatic heterocycles. The van der Waals surface area contributed by atoms with Gasteiger partial charge in [-0.3, -0.25) is 0 Å². The Bertz CT molecular complexity index is 506. The molecule has 1 aliphatic rings. The summed E-state index contributed by atoms with van der Waals surface area (Å²) in [4.78, 5) is 28.4. The van der Waals surface area contributed by atoms with Crippen molar-refractivity contribution in [2.75, 3.05) is 13.7 Å². The number of nitrogens with zero attached hydrogens (tertiary/aromatic N) is 2. The van der Waals surface area contributed by atoms with E-state index in [2.05, 4.69) is 10.3 Å². The minimum atomic E-state index is -0.955. The highest BCUT2D eigenvalue weighted by molar-refractivity contribution is 5.83. The molecule has 7 heteroatoms. The standard InChI is InChI=1S/C13H17N3O4/c1-20-11-7-9(4-5-14-11)8-15-13(19)16-6-2-3-10(16)12(17)18/h4-5,7,10H,2-3,6,8H2,1H3,(H,15,19)(H,17,18). The quantitative estimate of drug-likeness (QED) is 0.852. The highest BCUT2D eigenvalue weighted by atomic mass is 16.5. The number of ether oxygens (including phenoxy) is 1. The van der Waals surface area contributed by atoms with E-state index in [1.807, 2.05) is 0 Å². The third kappa shape index (κ3) is 3.17. The number of aliphatic carboxylic acids is 1. The molecule has 20 heavy (non-hydrogen) atoms. The van der Waals surface area contributed by atoms with Gasteiger partial charge in [0.15, 0.2) is 0 Å². The van der Waals surface area contributed by atoms with Gasteiger partial charge in [-0.15, -0.1) is 0 Å². The molecule has 1 aromatic rings. The molecular weight excluding hydrogens is 262 g/mol. The van der Waals surface area contributed by atoms with Crippen molar-refractivity contribution in [2.45, 2.75) is 25.4 Å². The number of carboxylic acid groups (broad SMARTS) is 1. The molecule has 108 valence electrons. The minimum absolute atomic E-state index is 0.306. The van der Waals surface area contributed by atoms with Crippen LogP contribution in [0.4, 0.5) is 4.79 Å². The Morgan fingerprint density at radius 1 is 1.60 bits per heavy atom. The number of nitrogens with one attached hydrogen (secondary N) is 1. The van der Waals surface area contributed by atoms with Crippen molar-refractivity contribution in [1.82, 2.24) is 15.2 Å². The molecule has 0 radical (unpaired) electrons. The molecule has 1 fully saturated rings. The van der Waals surface area contributed by atoms with E-state index in [4.69, 9.17) is 9.84 Å². The molecule has 1 aromatic heterocycles. The van der Waals surface area contributed by atoms with Crippen LogP contribution in [-0.2, 0) is 11.3 Å². The van der Waals surface area contributed by atoms with Gasteiger partial charge in [-0.2, -0.15) is 0 Å². The molecule has 2 rings (SSSR count). The molecule has 0 saturated carbocycles. The Labute approximate surface area is 116 Å². The van der Waals surface area contributed by atoms with Crippen molar-refractivity contribution in [1.29, 1.82) is 0 Å². The molecule has 7 nitrogen and oxygen atoms in total. The van der Waals surface area contributed by atoms with Gasteiger partial charge in [0.2, 0.25) is 5.88 Å². The van der Waals surface area contributed by atoms with Crippen LogP contribution in [0, 0.1) is 0 Å². The fraction of sp³-hybridized carbons (Fsp3) is 0.462. The molecule has 1 saturated heterocycles. The lowest BCUT2D eigenvalue weighted by Gasteiger charge is -2.21. The molecule has 2 N–H and O–H groups in total. The van der Waals surface area contributed by atoms with E-state index in [1.165, 1.54) is 12.0 Å². The number of urea groups is 1. The molecule has 1 unspecified atom stereocenters. The maximum Gasteiger partial charge on any atom is 0.326 e. The summed E-state index contributed by atoms with van der Waals surface area (Å²) in [6.45, 7) is 0.781. The molecule has 0 aliphatic carbocycles. The van der Waals surface area contributed by atoms with Crippen molar-refractivity contribution >= 4 is 12.0 Å². The number of pyridine rings is 1. The SMILES string of the molecule is COc1cc(CNC(=O)N2CCCC2C(=O)O)ccn1. The van der Waals surface area contributed by atoms with Gasteiger partial charge < -0.3 is 20.1 Å². The maximum absolute atomic E-state index is 12.0. The highest BCUT2D eigenvalue weighted by Gasteiger charge is 2.33. The summed E-state index contributed by atoms with van der Waals surface area (Å²) in [5.74, 6) is -0.482. The predicted octanol–water partition coefficient (Wildman–Crippen LogP) is 0.849. The van der Waals surface area contributed by atoms with Crippen molar-refractivity contribution in [2.24, 2.45) is 0 Å². The fourth-order valence-corrected chi connectivity index (χ4v) is 2.22. The van der Waals surface area contributed by atoms with Gasteiger partial charge in [-0.05, 0) is 24.5 Å². The highest BCUT2D eigenvalue weighted by Crippen LogP contribution is 2.17. The first-order valence-electron chi connectivity index (χ1n) is 6.38. The van der Waals surface area contributed by atoms with Gasteiger partial charge in [-0.25, -0.2) is 14.6 Å². The van der Waals surface area contributed by atoms with E-state index in [1.54, 1.807) is 18.3 Å². The zero-order valence-corrected chi connectivity index (χ0v) is 11.2. The number of rotatable bonds is 4. The van der Waals surface area contributed by atoms with Crippen LogP contribution in [0.15, 0.2) is 18.3 Å². The summed E-state index contributed by atoms with van der Waals surface area (Å²) in [5.41, 5.74) is 0.844. The van der Waals surface area contributed by atoms with Crippen LogP contribution in [0.5, 0.6) is 5.88 Å². The molecule has 0 spiro atoms. The molecule has 2 heterocycles. The number of carbonyl (C=O) groups excluding carboxylic acids is 1. The van der Waals surface area contributed by atoms with Gasteiger partial charge in [0.1, 0.15) is 6.04 Å². The summed E-state index contributed by atoms with van der Waals surface area (Å²) < 4.78 is 5.00. The Kier molecular flexibility index (Phi) is 4.39. The molecule has 0 aromatic carbocycles. The monoisotopic (exact) mass is 279 g/mol. The number of hydrogen-bond acceptors (Lipinski definition) is 4.